The maximum absolute atomic E-state index is 11.2. The van der Waals surface area contributed by atoms with Gasteiger partial charge in [0, 0.05) is 5.56 Å². The molecule has 0 amide bonds. The Balaban J connectivity index is 2.28. The Labute approximate surface area is 137 Å². The fourth-order valence-corrected chi connectivity index (χ4v) is 2.86. The molecule has 0 aliphatic heterocycles. The molecule has 0 spiro atoms. The third-order valence-electron chi connectivity index (χ3n) is 4.38. The molecule has 122 valence electrons. The van der Waals surface area contributed by atoms with Crippen molar-refractivity contribution in [1.82, 2.24) is 9.97 Å². The first-order valence-electron chi connectivity index (χ1n) is 8.14. The summed E-state index contributed by atoms with van der Waals surface area (Å²) in [5.41, 5.74) is 3.43. The molecule has 1 aromatic heterocycles. The van der Waals surface area contributed by atoms with Crippen LogP contribution < -0.4 is 0 Å². The number of carbonyl (C=O) groups is 1. The number of hydrogen-bond donors (Lipinski definition) is 1. The summed E-state index contributed by atoms with van der Waals surface area (Å²) in [5, 5.41) is 9.19. The van der Waals surface area contributed by atoms with Crippen LogP contribution in [0.1, 0.15) is 54.0 Å². The van der Waals surface area contributed by atoms with Gasteiger partial charge in [-0.15, -0.1) is 0 Å². The van der Waals surface area contributed by atoms with Crippen LogP contribution in [0.25, 0.3) is 11.4 Å². The molecule has 0 radical (unpaired) electrons. The highest BCUT2D eigenvalue weighted by Crippen LogP contribution is 2.21. The first kappa shape index (κ1) is 17.1. The number of aromatic nitrogens is 2. The SMILES string of the molecule is CCC(CC)Cc1ccc(-c2nc(C)c(C(=O)O)c(C)n2)cc1. The van der Waals surface area contributed by atoms with E-state index >= 15 is 0 Å². The average molecular weight is 312 g/mol. The quantitative estimate of drug-likeness (QED) is 0.856. The topological polar surface area (TPSA) is 63.1 Å². The van der Waals surface area contributed by atoms with Gasteiger partial charge in [-0.25, -0.2) is 14.8 Å². The molecule has 4 nitrogen and oxygen atoms in total. The maximum Gasteiger partial charge on any atom is 0.339 e. The van der Waals surface area contributed by atoms with Crippen molar-refractivity contribution >= 4 is 5.97 Å². The highest BCUT2D eigenvalue weighted by atomic mass is 16.4. The third kappa shape index (κ3) is 3.95. The molecular weight excluding hydrogens is 288 g/mol. The standard InChI is InChI=1S/C19H24N2O2/c1-5-14(6-2)11-15-7-9-16(10-8-15)18-20-12(3)17(19(22)23)13(4)21-18/h7-10,14H,5-6,11H2,1-4H3,(H,22,23). The third-order valence-corrected chi connectivity index (χ3v) is 4.38. The van der Waals surface area contributed by atoms with Gasteiger partial charge >= 0.3 is 5.97 Å². The molecule has 1 heterocycles. The van der Waals surface area contributed by atoms with Crippen LogP contribution in [0.15, 0.2) is 24.3 Å². The molecule has 0 saturated carbocycles. The molecular formula is C19H24N2O2. The Morgan fingerprint density at radius 3 is 2.00 bits per heavy atom. The minimum Gasteiger partial charge on any atom is -0.478 e. The van der Waals surface area contributed by atoms with Crippen LogP contribution in [0, 0.1) is 19.8 Å². The van der Waals surface area contributed by atoms with Crippen molar-refractivity contribution in [2.24, 2.45) is 5.92 Å². The first-order valence-corrected chi connectivity index (χ1v) is 8.14. The number of carboxylic acids is 1. The van der Waals surface area contributed by atoms with E-state index in [0.29, 0.717) is 17.2 Å². The largest absolute Gasteiger partial charge is 0.478 e. The van der Waals surface area contributed by atoms with Crippen molar-refractivity contribution in [1.29, 1.82) is 0 Å². The molecule has 0 aliphatic carbocycles. The number of carboxylic acid groups (broad SMARTS) is 1. The van der Waals surface area contributed by atoms with Crippen LogP contribution in [-0.2, 0) is 6.42 Å². The fraction of sp³-hybridized carbons (Fsp3) is 0.421. The second-order valence-electron chi connectivity index (χ2n) is 5.98. The van der Waals surface area contributed by atoms with Gasteiger partial charge < -0.3 is 5.11 Å². The number of nitrogens with zero attached hydrogens (tertiary/aromatic N) is 2. The van der Waals surface area contributed by atoms with Crippen LogP contribution in [0.3, 0.4) is 0 Å². The van der Waals surface area contributed by atoms with E-state index in [1.165, 1.54) is 18.4 Å². The van der Waals surface area contributed by atoms with Gasteiger partial charge in [0.2, 0.25) is 0 Å². The number of hydrogen-bond acceptors (Lipinski definition) is 3. The summed E-state index contributed by atoms with van der Waals surface area (Å²) in [4.78, 5) is 19.9. The molecule has 1 N–H and O–H groups in total. The number of benzene rings is 1. The van der Waals surface area contributed by atoms with E-state index in [1.54, 1.807) is 13.8 Å². The van der Waals surface area contributed by atoms with E-state index in [4.69, 9.17) is 0 Å². The van der Waals surface area contributed by atoms with Crippen molar-refractivity contribution < 1.29 is 9.90 Å². The lowest BCUT2D eigenvalue weighted by molar-refractivity contribution is 0.0694. The lowest BCUT2D eigenvalue weighted by Gasteiger charge is -2.12. The van der Waals surface area contributed by atoms with E-state index in [0.717, 1.165) is 17.9 Å². The van der Waals surface area contributed by atoms with Gasteiger partial charge in [-0.05, 0) is 31.7 Å². The second kappa shape index (κ2) is 7.36. The minimum absolute atomic E-state index is 0.194. The molecule has 0 fully saturated rings. The van der Waals surface area contributed by atoms with Crippen LogP contribution >= 0.6 is 0 Å². The van der Waals surface area contributed by atoms with Gasteiger partial charge in [-0.1, -0.05) is 51.0 Å². The van der Waals surface area contributed by atoms with Crippen molar-refractivity contribution in [2.75, 3.05) is 0 Å². The zero-order valence-electron chi connectivity index (χ0n) is 14.3. The summed E-state index contributed by atoms with van der Waals surface area (Å²) in [6.45, 7) is 7.88. The average Bonchev–Trinajstić information content (AvgIpc) is 2.52. The summed E-state index contributed by atoms with van der Waals surface area (Å²) in [6.07, 6.45) is 3.47. The second-order valence-corrected chi connectivity index (χ2v) is 5.98. The fourth-order valence-electron chi connectivity index (χ4n) is 2.86. The van der Waals surface area contributed by atoms with Gasteiger partial charge in [0.1, 0.15) is 5.56 Å². The van der Waals surface area contributed by atoms with Crippen LogP contribution in [0.4, 0.5) is 0 Å². The first-order chi connectivity index (χ1) is 11.0. The van der Waals surface area contributed by atoms with Crippen molar-refractivity contribution in [3.63, 3.8) is 0 Å². The Morgan fingerprint density at radius 2 is 1.57 bits per heavy atom. The Kier molecular flexibility index (Phi) is 5.48. The van der Waals surface area contributed by atoms with E-state index in [2.05, 4.69) is 35.9 Å². The molecule has 2 aromatic rings. The van der Waals surface area contributed by atoms with E-state index < -0.39 is 5.97 Å². The molecule has 1 aromatic carbocycles. The predicted molar refractivity (Wildman–Crippen MR) is 91.7 cm³/mol. The Morgan fingerprint density at radius 1 is 1.04 bits per heavy atom. The highest BCUT2D eigenvalue weighted by molar-refractivity contribution is 5.90. The molecule has 0 bridgehead atoms. The monoisotopic (exact) mass is 312 g/mol. The summed E-state index contributed by atoms with van der Waals surface area (Å²) in [6, 6.07) is 8.28. The molecule has 2 rings (SSSR count). The number of rotatable bonds is 6. The zero-order valence-corrected chi connectivity index (χ0v) is 14.3. The number of aryl methyl sites for hydroxylation is 2. The molecule has 0 aliphatic rings. The van der Waals surface area contributed by atoms with E-state index in [1.807, 2.05) is 12.1 Å². The van der Waals surface area contributed by atoms with Crippen molar-refractivity contribution in [3.8, 4) is 11.4 Å². The van der Waals surface area contributed by atoms with Crippen LogP contribution in [0.2, 0.25) is 0 Å². The van der Waals surface area contributed by atoms with E-state index in [9.17, 15) is 9.90 Å². The number of aromatic carboxylic acids is 1. The highest BCUT2D eigenvalue weighted by Gasteiger charge is 2.15. The Bertz CT molecular complexity index is 666. The van der Waals surface area contributed by atoms with Crippen molar-refractivity contribution in [2.45, 2.75) is 47.0 Å². The van der Waals surface area contributed by atoms with Gasteiger partial charge in [-0.2, -0.15) is 0 Å². The lowest BCUT2D eigenvalue weighted by atomic mass is 9.94. The van der Waals surface area contributed by atoms with Gasteiger partial charge in [0.15, 0.2) is 5.82 Å². The molecule has 0 unspecified atom stereocenters. The van der Waals surface area contributed by atoms with Gasteiger partial charge in [-0.3, -0.25) is 0 Å². The smallest absolute Gasteiger partial charge is 0.339 e. The summed E-state index contributed by atoms with van der Waals surface area (Å²) in [5.74, 6) is 0.322. The summed E-state index contributed by atoms with van der Waals surface area (Å²) >= 11 is 0. The lowest BCUT2D eigenvalue weighted by Crippen LogP contribution is -2.08. The zero-order chi connectivity index (χ0) is 17.0. The summed E-state index contributed by atoms with van der Waals surface area (Å²) < 4.78 is 0. The molecule has 23 heavy (non-hydrogen) atoms. The molecule has 4 heteroatoms. The minimum atomic E-state index is -0.980. The van der Waals surface area contributed by atoms with E-state index in [-0.39, 0.29) is 5.56 Å². The van der Waals surface area contributed by atoms with Crippen LogP contribution in [0.5, 0.6) is 0 Å². The normalized spacial score (nSPS) is 11.0. The molecule has 0 atom stereocenters. The maximum atomic E-state index is 11.2. The summed E-state index contributed by atoms with van der Waals surface area (Å²) in [7, 11) is 0. The predicted octanol–water partition coefficient (Wildman–Crippen LogP) is 4.44. The van der Waals surface area contributed by atoms with Crippen LogP contribution in [-0.4, -0.2) is 21.0 Å². The van der Waals surface area contributed by atoms with Gasteiger partial charge in [0.25, 0.3) is 0 Å². The molecule has 0 saturated heterocycles. The van der Waals surface area contributed by atoms with Gasteiger partial charge in [0.05, 0.1) is 11.4 Å². The Hall–Kier alpha value is -2.23. The van der Waals surface area contributed by atoms with Crippen molar-refractivity contribution in [3.05, 3.63) is 46.8 Å².